The van der Waals surface area contributed by atoms with Crippen LogP contribution in [0.4, 0.5) is 0 Å². The van der Waals surface area contributed by atoms with Gasteiger partial charge in [-0.1, -0.05) is 25.5 Å². The lowest BCUT2D eigenvalue weighted by molar-refractivity contribution is 0.445. The minimum absolute atomic E-state index is 0. The first kappa shape index (κ1) is 24.7. The van der Waals surface area contributed by atoms with Gasteiger partial charge in [0.05, 0.1) is 12.3 Å². The van der Waals surface area contributed by atoms with Crippen molar-refractivity contribution < 1.29 is 8.42 Å². The molecule has 0 saturated heterocycles. The first-order valence-electron chi connectivity index (χ1n) is 9.21. The maximum atomic E-state index is 12.2. The molecule has 0 saturated carbocycles. The van der Waals surface area contributed by atoms with Crippen LogP contribution < -0.4 is 10.6 Å². The van der Waals surface area contributed by atoms with Gasteiger partial charge in [-0.05, 0) is 39.0 Å². The third kappa shape index (κ3) is 9.79. The predicted octanol–water partition coefficient (Wildman–Crippen LogP) is 2.72. The van der Waals surface area contributed by atoms with Gasteiger partial charge >= 0.3 is 0 Å². The fraction of sp³-hybridized carbons (Fsp3) is 0.824. The first-order valence-corrected chi connectivity index (χ1v) is 10.8. The van der Waals surface area contributed by atoms with Crippen molar-refractivity contribution in [3.05, 3.63) is 11.6 Å². The summed E-state index contributed by atoms with van der Waals surface area (Å²) in [7, 11) is -3.21. The van der Waals surface area contributed by atoms with Gasteiger partial charge < -0.3 is 10.6 Å². The van der Waals surface area contributed by atoms with Crippen LogP contribution in [-0.2, 0) is 10.0 Å². The lowest BCUT2D eigenvalue weighted by atomic mass is 9.97. The quantitative estimate of drug-likeness (QED) is 0.216. The third-order valence-electron chi connectivity index (χ3n) is 4.19. The predicted molar refractivity (Wildman–Crippen MR) is 117 cm³/mol. The molecule has 0 amide bonds. The molecule has 6 nitrogen and oxygen atoms in total. The first-order chi connectivity index (χ1) is 11.5. The lowest BCUT2D eigenvalue weighted by Gasteiger charge is -2.18. The maximum absolute atomic E-state index is 12.2. The number of sulfonamides is 1. The molecule has 0 aromatic rings. The van der Waals surface area contributed by atoms with Crippen LogP contribution >= 0.6 is 24.0 Å². The van der Waals surface area contributed by atoms with Crippen LogP contribution in [0, 0.1) is 0 Å². The van der Waals surface area contributed by atoms with Gasteiger partial charge in [-0.15, -0.1) is 24.0 Å². The van der Waals surface area contributed by atoms with E-state index in [0.717, 1.165) is 19.5 Å². The smallest absolute Gasteiger partial charge is 0.215 e. The van der Waals surface area contributed by atoms with E-state index in [-0.39, 0.29) is 36.3 Å². The van der Waals surface area contributed by atoms with Gasteiger partial charge in [-0.3, -0.25) is 4.99 Å². The second kappa shape index (κ2) is 13.8. The second-order valence-electron chi connectivity index (χ2n) is 5.95. The van der Waals surface area contributed by atoms with E-state index >= 15 is 0 Å². The van der Waals surface area contributed by atoms with E-state index in [1.54, 1.807) is 0 Å². The SMILES string of the molecule is CCNC(=NCCS(=O)(=O)N(CC)CC)NCCC1=CCCCC1.I. The van der Waals surface area contributed by atoms with Gasteiger partial charge in [0.1, 0.15) is 0 Å². The van der Waals surface area contributed by atoms with Crippen molar-refractivity contribution in [1.29, 1.82) is 0 Å². The Kier molecular flexibility index (Phi) is 13.6. The Labute approximate surface area is 171 Å². The van der Waals surface area contributed by atoms with E-state index in [9.17, 15) is 8.42 Å². The molecule has 1 aliphatic rings. The Bertz CT molecular complexity index is 517. The lowest BCUT2D eigenvalue weighted by Crippen LogP contribution is -2.39. The zero-order valence-corrected chi connectivity index (χ0v) is 19.0. The highest BCUT2D eigenvalue weighted by Crippen LogP contribution is 2.19. The minimum Gasteiger partial charge on any atom is -0.357 e. The van der Waals surface area contributed by atoms with E-state index in [1.807, 2.05) is 20.8 Å². The van der Waals surface area contributed by atoms with Crippen LogP contribution in [0.2, 0.25) is 0 Å². The number of rotatable bonds is 10. The molecule has 0 atom stereocenters. The second-order valence-corrected chi connectivity index (χ2v) is 8.03. The van der Waals surface area contributed by atoms with E-state index in [0.29, 0.717) is 19.0 Å². The molecule has 148 valence electrons. The molecule has 0 radical (unpaired) electrons. The average molecular weight is 486 g/mol. The van der Waals surface area contributed by atoms with E-state index in [1.165, 1.54) is 35.6 Å². The molecule has 1 rings (SSSR count). The van der Waals surface area contributed by atoms with Gasteiger partial charge in [0.2, 0.25) is 10.0 Å². The molecular weight excluding hydrogens is 451 g/mol. The van der Waals surface area contributed by atoms with Crippen molar-refractivity contribution in [3.8, 4) is 0 Å². The zero-order valence-electron chi connectivity index (χ0n) is 15.9. The fourth-order valence-corrected chi connectivity index (χ4v) is 4.20. The molecule has 0 unspecified atom stereocenters. The summed E-state index contributed by atoms with van der Waals surface area (Å²) in [6.45, 7) is 8.61. The molecule has 0 heterocycles. The summed E-state index contributed by atoms with van der Waals surface area (Å²) in [5.74, 6) is 0.750. The van der Waals surface area contributed by atoms with Crippen LogP contribution in [0.25, 0.3) is 0 Å². The molecule has 2 N–H and O–H groups in total. The summed E-state index contributed by atoms with van der Waals surface area (Å²) in [5, 5.41) is 6.48. The van der Waals surface area contributed by atoms with Crippen molar-refractivity contribution in [2.75, 3.05) is 38.5 Å². The minimum atomic E-state index is -3.21. The highest BCUT2D eigenvalue weighted by atomic mass is 127. The Balaban J connectivity index is 0.00000576. The highest BCUT2D eigenvalue weighted by molar-refractivity contribution is 14.0. The van der Waals surface area contributed by atoms with E-state index in [4.69, 9.17) is 0 Å². The Morgan fingerprint density at radius 3 is 2.48 bits per heavy atom. The number of hydrogen-bond donors (Lipinski definition) is 2. The van der Waals surface area contributed by atoms with Gasteiger partial charge in [0.15, 0.2) is 5.96 Å². The number of nitrogens with zero attached hydrogens (tertiary/aromatic N) is 2. The molecule has 0 spiro atoms. The summed E-state index contributed by atoms with van der Waals surface area (Å²) in [4.78, 5) is 4.40. The van der Waals surface area contributed by atoms with Crippen molar-refractivity contribution in [2.45, 2.75) is 52.9 Å². The maximum Gasteiger partial charge on any atom is 0.215 e. The van der Waals surface area contributed by atoms with Crippen LogP contribution in [0.1, 0.15) is 52.9 Å². The number of guanidine groups is 1. The van der Waals surface area contributed by atoms with Crippen LogP contribution in [0.15, 0.2) is 16.6 Å². The average Bonchev–Trinajstić information content (AvgIpc) is 2.56. The van der Waals surface area contributed by atoms with Gasteiger partial charge in [-0.2, -0.15) is 0 Å². The number of hydrogen-bond acceptors (Lipinski definition) is 3. The molecule has 8 heteroatoms. The molecule has 0 aliphatic heterocycles. The summed E-state index contributed by atoms with van der Waals surface area (Å²) in [5.41, 5.74) is 1.52. The Morgan fingerprint density at radius 1 is 1.20 bits per heavy atom. The van der Waals surface area contributed by atoms with Crippen molar-refractivity contribution in [3.63, 3.8) is 0 Å². The van der Waals surface area contributed by atoms with Gasteiger partial charge in [0.25, 0.3) is 0 Å². The fourth-order valence-electron chi connectivity index (χ4n) is 2.83. The van der Waals surface area contributed by atoms with E-state index in [2.05, 4.69) is 21.7 Å². The number of nitrogens with one attached hydrogen (secondary N) is 2. The van der Waals surface area contributed by atoms with Crippen LogP contribution in [-0.4, -0.2) is 57.2 Å². The van der Waals surface area contributed by atoms with Crippen LogP contribution in [0.5, 0.6) is 0 Å². The highest BCUT2D eigenvalue weighted by Gasteiger charge is 2.17. The third-order valence-corrected chi connectivity index (χ3v) is 6.19. The Morgan fingerprint density at radius 2 is 1.92 bits per heavy atom. The molecule has 0 bridgehead atoms. The normalized spacial score (nSPS) is 15.5. The zero-order chi connectivity index (χ0) is 17.8. The molecule has 25 heavy (non-hydrogen) atoms. The van der Waals surface area contributed by atoms with Gasteiger partial charge in [0, 0.05) is 26.2 Å². The van der Waals surface area contributed by atoms with Crippen molar-refractivity contribution in [2.24, 2.45) is 4.99 Å². The molecular formula is C17H35IN4O2S. The largest absolute Gasteiger partial charge is 0.357 e. The summed E-state index contributed by atoms with van der Waals surface area (Å²) < 4.78 is 25.8. The van der Waals surface area contributed by atoms with Crippen molar-refractivity contribution >= 4 is 40.0 Å². The number of halogens is 1. The molecule has 1 aliphatic carbocycles. The summed E-state index contributed by atoms with van der Waals surface area (Å²) in [6, 6.07) is 0. The molecule has 0 aromatic heterocycles. The van der Waals surface area contributed by atoms with Gasteiger partial charge in [-0.25, -0.2) is 12.7 Å². The molecule has 0 aromatic carbocycles. The number of aliphatic imine (C=N–C) groups is 1. The standard InChI is InChI=1S/C17H34N4O2S.HI/c1-4-18-17(19-13-12-16-10-8-7-9-11-16)20-14-15-24(22,23)21(5-2)6-3;/h10H,4-9,11-15H2,1-3H3,(H2,18,19,20);1H. The monoisotopic (exact) mass is 486 g/mol. The summed E-state index contributed by atoms with van der Waals surface area (Å²) >= 11 is 0. The summed E-state index contributed by atoms with van der Waals surface area (Å²) in [6.07, 6.45) is 8.39. The van der Waals surface area contributed by atoms with Crippen LogP contribution in [0.3, 0.4) is 0 Å². The number of allylic oxidation sites excluding steroid dienone is 1. The topological polar surface area (TPSA) is 73.8 Å². The van der Waals surface area contributed by atoms with Crippen molar-refractivity contribution in [1.82, 2.24) is 14.9 Å². The molecule has 0 fully saturated rings. The van der Waals surface area contributed by atoms with E-state index < -0.39 is 10.0 Å². The Hall–Kier alpha value is -0.350.